The van der Waals surface area contributed by atoms with Gasteiger partial charge in [0.15, 0.2) is 5.16 Å². The van der Waals surface area contributed by atoms with Gasteiger partial charge in [0.05, 0.1) is 16.3 Å². The van der Waals surface area contributed by atoms with Gasteiger partial charge in [0.1, 0.15) is 23.2 Å². The number of hydrogen-bond donors (Lipinski definition) is 2. The molecule has 7 nitrogen and oxygen atoms in total. The number of nitrogens with one attached hydrogen (secondary N) is 2. The molecule has 0 spiro atoms. The Morgan fingerprint density at radius 1 is 1.03 bits per heavy atom. The van der Waals surface area contributed by atoms with Crippen LogP contribution in [0.5, 0.6) is 0 Å². The molecule has 174 valence electrons. The molecule has 1 atom stereocenters. The zero-order valence-corrected chi connectivity index (χ0v) is 19.3. The van der Waals surface area contributed by atoms with Crippen molar-refractivity contribution in [3.63, 3.8) is 0 Å². The van der Waals surface area contributed by atoms with Gasteiger partial charge in [-0.05, 0) is 45.0 Å². The number of fused-ring (bicyclic) bond motifs is 1. The molecule has 2 N–H and O–H groups in total. The molecule has 2 heterocycles. The van der Waals surface area contributed by atoms with E-state index < -0.39 is 22.8 Å². The summed E-state index contributed by atoms with van der Waals surface area (Å²) in [6.45, 7) is 5.18. The predicted molar refractivity (Wildman–Crippen MR) is 126 cm³/mol. The first-order valence-electron chi connectivity index (χ1n) is 10.3. The number of benzene rings is 2. The third kappa shape index (κ3) is 4.91. The number of furan rings is 1. The number of nitrogens with zero attached hydrogens (tertiary/aromatic N) is 2. The molecule has 2 amide bonds. The molecule has 2 aromatic carbocycles. The van der Waals surface area contributed by atoms with Crippen LogP contribution in [0.1, 0.15) is 28.6 Å². The summed E-state index contributed by atoms with van der Waals surface area (Å²) in [4.78, 5) is 34.1. The first-order valence-corrected chi connectivity index (χ1v) is 11.2. The van der Waals surface area contributed by atoms with Crippen LogP contribution in [0.3, 0.4) is 0 Å². The molecule has 0 fully saturated rings. The number of amides is 2. The van der Waals surface area contributed by atoms with Crippen LogP contribution in [-0.2, 0) is 4.79 Å². The second-order valence-corrected chi connectivity index (χ2v) is 8.82. The molecule has 0 aliphatic rings. The third-order valence-corrected chi connectivity index (χ3v) is 6.07. The maximum atomic E-state index is 13.9. The fraction of sp³-hybridized carbons (Fsp3) is 0.167. The zero-order chi connectivity index (χ0) is 24.4. The summed E-state index contributed by atoms with van der Waals surface area (Å²) in [7, 11) is 0. The van der Waals surface area contributed by atoms with Crippen molar-refractivity contribution in [2.75, 3.05) is 10.6 Å². The van der Waals surface area contributed by atoms with Gasteiger partial charge >= 0.3 is 0 Å². The molecule has 0 saturated heterocycles. The Kier molecular flexibility index (Phi) is 6.60. The van der Waals surface area contributed by atoms with Crippen LogP contribution in [0.25, 0.3) is 11.1 Å². The molecule has 34 heavy (non-hydrogen) atoms. The highest BCUT2D eigenvalue weighted by molar-refractivity contribution is 8.00. The largest absolute Gasteiger partial charge is 0.443 e. The van der Waals surface area contributed by atoms with E-state index in [1.807, 2.05) is 6.92 Å². The van der Waals surface area contributed by atoms with Gasteiger partial charge in [-0.25, -0.2) is 13.8 Å². The van der Waals surface area contributed by atoms with E-state index in [9.17, 15) is 18.4 Å². The van der Waals surface area contributed by atoms with Crippen molar-refractivity contribution in [2.45, 2.75) is 31.2 Å². The summed E-state index contributed by atoms with van der Waals surface area (Å²) in [5, 5.41) is 5.13. The minimum atomic E-state index is -0.769. The Morgan fingerprint density at radius 2 is 1.76 bits per heavy atom. The molecule has 0 saturated carbocycles. The molecular formula is C24H20F2N4O3S. The van der Waals surface area contributed by atoms with E-state index in [4.69, 9.17) is 4.42 Å². The summed E-state index contributed by atoms with van der Waals surface area (Å²) >= 11 is 0.986. The average Bonchev–Trinajstić information content (AvgIpc) is 3.10. The van der Waals surface area contributed by atoms with E-state index in [1.165, 1.54) is 0 Å². The normalized spacial score (nSPS) is 11.9. The Bertz CT molecular complexity index is 1390. The van der Waals surface area contributed by atoms with Gasteiger partial charge in [-0.1, -0.05) is 30.0 Å². The predicted octanol–water partition coefficient (Wildman–Crippen LogP) is 5.49. The minimum absolute atomic E-state index is 0.173. The lowest BCUT2D eigenvalue weighted by Gasteiger charge is -2.13. The zero-order valence-electron chi connectivity index (χ0n) is 18.5. The first kappa shape index (κ1) is 23.4. The smallest absolute Gasteiger partial charge is 0.256 e. The van der Waals surface area contributed by atoms with Crippen molar-refractivity contribution in [3.8, 4) is 0 Å². The Balaban J connectivity index is 1.60. The molecule has 10 heteroatoms. The maximum absolute atomic E-state index is 13.9. The molecule has 4 rings (SSSR count). The quantitative estimate of drug-likeness (QED) is 0.279. The van der Waals surface area contributed by atoms with E-state index >= 15 is 0 Å². The van der Waals surface area contributed by atoms with Crippen LogP contribution in [0.4, 0.5) is 20.3 Å². The lowest BCUT2D eigenvalue weighted by molar-refractivity contribution is -0.115. The molecule has 1 unspecified atom stereocenters. The molecule has 0 aliphatic heterocycles. The molecule has 4 aromatic rings. The van der Waals surface area contributed by atoms with E-state index in [0.717, 1.165) is 35.5 Å². The van der Waals surface area contributed by atoms with E-state index in [1.54, 1.807) is 44.2 Å². The van der Waals surface area contributed by atoms with Gasteiger partial charge in [-0.2, -0.15) is 4.98 Å². The number of carbonyl (C=O) groups excluding carboxylic acids is 2. The summed E-state index contributed by atoms with van der Waals surface area (Å²) in [5.41, 5.74) is 1.23. The van der Waals surface area contributed by atoms with Crippen LogP contribution >= 0.6 is 11.8 Å². The molecular weight excluding hydrogens is 462 g/mol. The van der Waals surface area contributed by atoms with Crippen LogP contribution < -0.4 is 10.6 Å². The molecule has 0 aliphatic carbocycles. The molecule has 0 radical (unpaired) electrons. The van der Waals surface area contributed by atoms with Gasteiger partial charge in [0.2, 0.25) is 11.6 Å². The van der Waals surface area contributed by atoms with Crippen molar-refractivity contribution in [1.29, 1.82) is 0 Å². The number of aromatic nitrogens is 2. The van der Waals surface area contributed by atoms with Crippen molar-refractivity contribution < 1.29 is 22.8 Å². The number of anilines is 2. The average molecular weight is 483 g/mol. The first-order chi connectivity index (χ1) is 16.2. The van der Waals surface area contributed by atoms with E-state index in [2.05, 4.69) is 20.6 Å². The summed E-state index contributed by atoms with van der Waals surface area (Å²) in [5.74, 6) is -1.49. The van der Waals surface area contributed by atoms with Crippen LogP contribution in [-0.4, -0.2) is 27.0 Å². The van der Waals surface area contributed by atoms with E-state index in [-0.39, 0.29) is 28.3 Å². The SMILES string of the molecule is Cc1oc2nc(SC(C)C(=O)Nc3cc(F)ccc3F)nc(NC(=O)c3ccccc3)c2c1C. The summed E-state index contributed by atoms with van der Waals surface area (Å²) in [6.07, 6.45) is 0. The second kappa shape index (κ2) is 9.60. The Morgan fingerprint density at radius 3 is 2.50 bits per heavy atom. The van der Waals surface area contributed by atoms with Gasteiger partial charge in [0.25, 0.3) is 5.91 Å². The van der Waals surface area contributed by atoms with Crippen LogP contribution in [0, 0.1) is 25.5 Å². The minimum Gasteiger partial charge on any atom is -0.443 e. The van der Waals surface area contributed by atoms with Gasteiger partial charge in [-0.15, -0.1) is 0 Å². The number of halogens is 2. The number of carbonyl (C=O) groups is 2. The second-order valence-electron chi connectivity index (χ2n) is 7.51. The number of aryl methyl sites for hydroxylation is 2. The fourth-order valence-corrected chi connectivity index (χ4v) is 3.94. The van der Waals surface area contributed by atoms with Gasteiger partial charge in [-0.3, -0.25) is 9.59 Å². The van der Waals surface area contributed by atoms with Crippen molar-refractivity contribution in [1.82, 2.24) is 9.97 Å². The van der Waals surface area contributed by atoms with E-state index in [0.29, 0.717) is 16.7 Å². The van der Waals surface area contributed by atoms with Gasteiger partial charge < -0.3 is 15.1 Å². The third-order valence-electron chi connectivity index (χ3n) is 5.11. The fourth-order valence-electron chi connectivity index (χ4n) is 3.18. The lowest BCUT2D eigenvalue weighted by Crippen LogP contribution is -2.23. The lowest BCUT2D eigenvalue weighted by atomic mass is 10.2. The number of hydrogen-bond acceptors (Lipinski definition) is 6. The maximum Gasteiger partial charge on any atom is 0.256 e. The topological polar surface area (TPSA) is 97.1 Å². The summed E-state index contributed by atoms with van der Waals surface area (Å²) < 4.78 is 33.0. The number of rotatable bonds is 6. The number of thioether (sulfide) groups is 1. The highest BCUT2D eigenvalue weighted by Gasteiger charge is 2.22. The Hall–Kier alpha value is -3.79. The Labute approximate surface area is 198 Å². The standard InChI is InChI=1S/C24H20F2N4O3S/c1-12-13(2)33-23-19(12)20(28-22(32)15-7-5-4-6-8-15)29-24(30-23)34-14(3)21(31)27-18-11-16(25)9-10-17(18)26/h4-11,14H,1-3H3,(H,27,31)(H,28,29,30,32). The van der Waals surface area contributed by atoms with Crippen LogP contribution in [0.15, 0.2) is 58.1 Å². The monoisotopic (exact) mass is 482 g/mol. The van der Waals surface area contributed by atoms with Crippen molar-refractivity contribution >= 4 is 46.2 Å². The summed E-state index contributed by atoms with van der Waals surface area (Å²) in [6, 6.07) is 11.5. The van der Waals surface area contributed by atoms with Crippen molar-refractivity contribution in [2.24, 2.45) is 0 Å². The molecule has 0 bridgehead atoms. The van der Waals surface area contributed by atoms with Gasteiger partial charge in [0, 0.05) is 17.2 Å². The van der Waals surface area contributed by atoms with Crippen LogP contribution in [0.2, 0.25) is 0 Å². The van der Waals surface area contributed by atoms with Crippen molar-refractivity contribution in [3.05, 3.63) is 77.1 Å². The molecule has 2 aromatic heterocycles. The highest BCUT2D eigenvalue weighted by atomic mass is 32.2. The highest BCUT2D eigenvalue weighted by Crippen LogP contribution is 2.32.